The second-order valence-electron chi connectivity index (χ2n) is 8.93. The Morgan fingerprint density at radius 3 is 2.47 bits per heavy atom. The number of nitrogens with zero attached hydrogens (tertiary/aromatic N) is 1. The maximum absolute atomic E-state index is 13.4. The molecule has 1 heterocycles. The summed E-state index contributed by atoms with van der Waals surface area (Å²) in [4.78, 5) is 28.3. The lowest BCUT2D eigenvalue weighted by Gasteiger charge is -2.44. The molecule has 2 unspecified atom stereocenters. The number of anilines is 1. The molecule has 1 saturated carbocycles. The third-order valence-electron chi connectivity index (χ3n) is 7.01. The summed E-state index contributed by atoms with van der Waals surface area (Å²) >= 11 is 6.30. The van der Waals surface area contributed by atoms with Crippen LogP contribution >= 0.6 is 11.6 Å². The molecule has 0 bridgehead atoms. The molecule has 6 heteroatoms. The van der Waals surface area contributed by atoms with E-state index in [4.69, 9.17) is 21.1 Å². The number of ether oxygens (including phenoxy) is 2. The van der Waals surface area contributed by atoms with Gasteiger partial charge in [-0.1, -0.05) is 48.7 Å². The third-order valence-corrected chi connectivity index (χ3v) is 7.30. The second-order valence-corrected chi connectivity index (χ2v) is 9.34. The minimum atomic E-state index is -0.901. The summed E-state index contributed by atoms with van der Waals surface area (Å²) in [5.74, 6) is 0.346. The van der Waals surface area contributed by atoms with E-state index in [1.54, 1.807) is 19.1 Å². The highest BCUT2D eigenvalue weighted by molar-refractivity contribution is 6.32. The third kappa shape index (κ3) is 4.49. The number of methoxy groups -OCH3 is 1. The maximum Gasteiger partial charge on any atom is 0.337 e. The average Bonchev–Trinajstić information content (AvgIpc) is 3.34. The first-order valence-electron chi connectivity index (χ1n) is 11.3. The molecule has 170 valence electrons. The lowest BCUT2D eigenvalue weighted by atomic mass is 9.75. The Morgan fingerprint density at radius 2 is 1.84 bits per heavy atom. The fourth-order valence-electron chi connectivity index (χ4n) is 5.25. The summed E-state index contributed by atoms with van der Waals surface area (Å²) in [5.41, 5.74) is 1.12. The van der Waals surface area contributed by atoms with Crippen LogP contribution in [0.25, 0.3) is 0 Å². The molecule has 2 aromatic carbocycles. The number of hydrogen-bond donors (Lipinski definition) is 0. The van der Waals surface area contributed by atoms with Gasteiger partial charge in [0.25, 0.3) is 0 Å². The van der Waals surface area contributed by atoms with Crippen molar-refractivity contribution in [2.24, 2.45) is 5.92 Å². The van der Waals surface area contributed by atoms with Gasteiger partial charge in [-0.2, -0.15) is 0 Å². The van der Waals surface area contributed by atoms with Gasteiger partial charge in [-0.3, -0.25) is 4.79 Å². The van der Waals surface area contributed by atoms with Crippen LogP contribution in [-0.2, 0) is 20.7 Å². The number of para-hydroxylation sites is 1. The first kappa shape index (κ1) is 22.7. The molecule has 0 amide bonds. The predicted octanol–water partition coefficient (Wildman–Crippen LogP) is 5.23. The van der Waals surface area contributed by atoms with Crippen molar-refractivity contribution in [1.82, 2.24) is 0 Å². The molecule has 2 fully saturated rings. The molecule has 1 aliphatic carbocycles. The normalized spacial score (nSPS) is 23.8. The first-order chi connectivity index (χ1) is 15.4. The zero-order valence-corrected chi connectivity index (χ0v) is 19.4. The number of halogens is 1. The van der Waals surface area contributed by atoms with Crippen LogP contribution in [0.4, 0.5) is 5.69 Å². The molecule has 5 nitrogen and oxygen atoms in total. The van der Waals surface area contributed by atoms with Gasteiger partial charge in [0.1, 0.15) is 11.4 Å². The van der Waals surface area contributed by atoms with Gasteiger partial charge in [0.15, 0.2) is 11.8 Å². The Labute approximate surface area is 194 Å². The molecule has 2 atom stereocenters. The highest BCUT2D eigenvalue weighted by Crippen LogP contribution is 2.44. The number of cyclic esters (lactones) is 1. The number of carbonyl (C=O) groups is 2. The molecule has 0 radical (unpaired) electrons. The van der Waals surface area contributed by atoms with Crippen molar-refractivity contribution < 1.29 is 19.1 Å². The van der Waals surface area contributed by atoms with Gasteiger partial charge < -0.3 is 14.4 Å². The minimum absolute atomic E-state index is 0.0627. The number of ketones is 1. The first-order valence-corrected chi connectivity index (χ1v) is 11.7. The lowest BCUT2D eigenvalue weighted by Crippen LogP contribution is -2.58. The van der Waals surface area contributed by atoms with E-state index in [1.165, 1.54) is 0 Å². The van der Waals surface area contributed by atoms with Gasteiger partial charge in [0, 0.05) is 19.2 Å². The summed E-state index contributed by atoms with van der Waals surface area (Å²) in [6.45, 7) is 0. The predicted molar refractivity (Wildman–Crippen MR) is 125 cm³/mol. The zero-order valence-electron chi connectivity index (χ0n) is 18.7. The average molecular weight is 456 g/mol. The largest absolute Gasteiger partial charge is 0.495 e. The molecule has 32 heavy (non-hydrogen) atoms. The standard InChI is InChI=1S/C26H30ClNO4/c1-28(20-10-4-3-5-11-20)24-22(29)17-26(32-25(24)30,19-8-6-7-9-19)15-14-18-12-13-23(31-2)21(27)16-18/h3-5,10-13,16,19,24H,6-9,14-15,17H2,1-2H3. The Kier molecular flexibility index (Phi) is 6.75. The van der Waals surface area contributed by atoms with E-state index in [2.05, 4.69) is 0 Å². The van der Waals surface area contributed by atoms with Crippen LogP contribution in [0, 0.1) is 5.92 Å². The van der Waals surface area contributed by atoms with Crippen LogP contribution in [0.1, 0.15) is 44.1 Å². The molecule has 2 aromatic rings. The van der Waals surface area contributed by atoms with Gasteiger partial charge >= 0.3 is 5.97 Å². The van der Waals surface area contributed by atoms with Crippen molar-refractivity contribution in [3.05, 3.63) is 59.1 Å². The molecule has 4 rings (SSSR count). The van der Waals surface area contributed by atoms with Crippen molar-refractivity contribution in [1.29, 1.82) is 0 Å². The van der Waals surface area contributed by atoms with Crippen molar-refractivity contribution >= 4 is 29.0 Å². The number of Topliss-reactive ketones (excluding diaryl/α,β-unsaturated/α-hetero) is 1. The molecule has 0 aromatic heterocycles. The van der Waals surface area contributed by atoms with Crippen LogP contribution in [0.2, 0.25) is 5.02 Å². The monoisotopic (exact) mass is 455 g/mol. The van der Waals surface area contributed by atoms with E-state index in [0.29, 0.717) is 23.6 Å². The molecule has 1 aliphatic heterocycles. The summed E-state index contributed by atoms with van der Waals surface area (Å²) in [6.07, 6.45) is 5.75. The highest BCUT2D eigenvalue weighted by Gasteiger charge is 2.52. The van der Waals surface area contributed by atoms with E-state index >= 15 is 0 Å². The number of hydrogen-bond acceptors (Lipinski definition) is 5. The van der Waals surface area contributed by atoms with Gasteiger partial charge in [-0.15, -0.1) is 0 Å². The van der Waals surface area contributed by atoms with Crippen LogP contribution < -0.4 is 9.64 Å². The van der Waals surface area contributed by atoms with Gasteiger partial charge in [0.05, 0.1) is 12.1 Å². The van der Waals surface area contributed by atoms with Gasteiger partial charge in [-0.05, 0) is 61.4 Å². The van der Waals surface area contributed by atoms with E-state index in [9.17, 15) is 9.59 Å². The number of esters is 1. The highest BCUT2D eigenvalue weighted by atomic mass is 35.5. The van der Waals surface area contributed by atoms with Crippen molar-refractivity contribution in [3.8, 4) is 5.75 Å². The van der Waals surface area contributed by atoms with Crippen molar-refractivity contribution in [2.45, 2.75) is 56.6 Å². The Hall–Kier alpha value is -2.53. The number of aryl methyl sites for hydroxylation is 1. The summed E-state index contributed by atoms with van der Waals surface area (Å²) in [5, 5.41) is 0.557. The van der Waals surface area contributed by atoms with E-state index < -0.39 is 17.6 Å². The summed E-state index contributed by atoms with van der Waals surface area (Å²) in [6, 6.07) is 14.3. The Bertz CT molecular complexity index is 953. The quantitative estimate of drug-likeness (QED) is 0.422. The van der Waals surface area contributed by atoms with Crippen LogP contribution in [0.5, 0.6) is 5.75 Å². The number of likely N-dealkylation sites (N-methyl/N-ethyl adjacent to an activating group) is 1. The zero-order chi connectivity index (χ0) is 22.7. The van der Waals surface area contributed by atoms with Crippen LogP contribution in [-0.4, -0.2) is 37.6 Å². The Balaban J connectivity index is 1.55. The van der Waals surface area contributed by atoms with Crippen molar-refractivity contribution in [3.63, 3.8) is 0 Å². The summed E-state index contributed by atoms with van der Waals surface area (Å²) in [7, 11) is 3.37. The topological polar surface area (TPSA) is 55.8 Å². The smallest absolute Gasteiger partial charge is 0.337 e. The number of rotatable bonds is 7. The molecular weight excluding hydrogens is 426 g/mol. The SMILES string of the molecule is COc1ccc(CCC2(C3CCCC3)CC(=O)C(N(C)c3ccccc3)C(=O)O2)cc1Cl. The van der Waals surface area contributed by atoms with Crippen LogP contribution in [0.15, 0.2) is 48.5 Å². The van der Waals surface area contributed by atoms with Crippen LogP contribution in [0.3, 0.4) is 0 Å². The number of carbonyl (C=O) groups excluding carboxylic acids is 2. The van der Waals surface area contributed by atoms with Crippen molar-refractivity contribution in [2.75, 3.05) is 19.1 Å². The van der Waals surface area contributed by atoms with Gasteiger partial charge in [-0.25, -0.2) is 4.79 Å². The molecule has 0 spiro atoms. The molecular formula is C26H30ClNO4. The van der Waals surface area contributed by atoms with Gasteiger partial charge in [0.2, 0.25) is 0 Å². The fraction of sp³-hybridized carbons (Fsp3) is 0.462. The Morgan fingerprint density at radius 1 is 1.12 bits per heavy atom. The molecule has 2 aliphatic rings. The van der Waals surface area contributed by atoms with E-state index in [0.717, 1.165) is 36.9 Å². The molecule has 1 saturated heterocycles. The number of benzene rings is 2. The molecule has 0 N–H and O–H groups in total. The van der Waals surface area contributed by atoms with E-state index in [1.807, 2.05) is 48.5 Å². The maximum atomic E-state index is 13.4. The summed E-state index contributed by atoms with van der Waals surface area (Å²) < 4.78 is 11.5. The second kappa shape index (κ2) is 9.53. The fourth-order valence-corrected chi connectivity index (χ4v) is 5.53. The minimum Gasteiger partial charge on any atom is -0.495 e. The van der Waals surface area contributed by atoms with E-state index in [-0.39, 0.29) is 18.1 Å². The lowest BCUT2D eigenvalue weighted by molar-refractivity contribution is -0.180.